The van der Waals surface area contributed by atoms with Crippen LogP contribution in [0.1, 0.15) is 85.5 Å². The van der Waals surface area contributed by atoms with Gasteiger partial charge in [-0.15, -0.1) is 0 Å². The van der Waals surface area contributed by atoms with Crippen LogP contribution in [0.25, 0.3) is 0 Å². The fourth-order valence-corrected chi connectivity index (χ4v) is 4.18. The second-order valence-corrected chi connectivity index (χ2v) is 8.16. The summed E-state index contributed by atoms with van der Waals surface area (Å²) in [5, 5.41) is 0. The zero-order valence-corrected chi connectivity index (χ0v) is 16.4. The van der Waals surface area contributed by atoms with Gasteiger partial charge in [0, 0.05) is 19.8 Å². The van der Waals surface area contributed by atoms with Gasteiger partial charge in [-0.05, 0) is 31.4 Å². The van der Waals surface area contributed by atoms with E-state index < -0.39 is 8.80 Å². The van der Waals surface area contributed by atoms with Crippen LogP contribution < -0.4 is 0 Å². The monoisotopic (exact) mass is 330 g/mol. The summed E-state index contributed by atoms with van der Waals surface area (Å²) in [5.41, 5.74) is 2.13. The lowest BCUT2D eigenvalue weighted by Crippen LogP contribution is -2.45. The Morgan fingerprint density at radius 2 is 1.05 bits per heavy atom. The molecule has 4 heteroatoms. The summed E-state index contributed by atoms with van der Waals surface area (Å²) in [4.78, 5) is 0. The van der Waals surface area contributed by atoms with Crippen LogP contribution >= 0.6 is 0 Å². The van der Waals surface area contributed by atoms with Crippen molar-refractivity contribution < 1.29 is 13.3 Å². The van der Waals surface area contributed by atoms with Gasteiger partial charge in [0.05, 0.1) is 0 Å². The molecule has 0 radical (unpaired) electrons. The molecule has 132 valence electrons. The van der Waals surface area contributed by atoms with Crippen molar-refractivity contribution in [2.75, 3.05) is 19.8 Å². The Balaban J connectivity index is 4.71. The minimum atomic E-state index is -2.64. The van der Waals surface area contributed by atoms with Crippen LogP contribution in [0.4, 0.5) is 0 Å². The average molecular weight is 331 g/mol. The Bertz CT molecular complexity index is 230. The SMILES string of the molecule is CCCCC=C[Si](OCCCC)(OCCCC)OCCCC. The normalized spacial score (nSPS) is 12.4. The molecule has 0 aliphatic carbocycles. The van der Waals surface area contributed by atoms with Crippen molar-refractivity contribution in [2.24, 2.45) is 0 Å². The number of rotatable bonds is 16. The predicted molar refractivity (Wildman–Crippen MR) is 97.0 cm³/mol. The van der Waals surface area contributed by atoms with Gasteiger partial charge in [0.15, 0.2) is 0 Å². The third kappa shape index (κ3) is 11.4. The van der Waals surface area contributed by atoms with Crippen molar-refractivity contribution in [3.05, 3.63) is 11.8 Å². The topological polar surface area (TPSA) is 27.7 Å². The van der Waals surface area contributed by atoms with Crippen LogP contribution in [0.5, 0.6) is 0 Å². The quantitative estimate of drug-likeness (QED) is 0.270. The molecular formula is C18H38O3Si. The Hall–Kier alpha value is -0.163. The lowest BCUT2D eigenvalue weighted by molar-refractivity contribution is 0.0684. The molecule has 0 N–H and O–H groups in total. The van der Waals surface area contributed by atoms with Crippen molar-refractivity contribution in [3.8, 4) is 0 Å². The Morgan fingerprint density at radius 1 is 0.636 bits per heavy atom. The molecule has 3 nitrogen and oxygen atoms in total. The molecule has 0 amide bonds. The van der Waals surface area contributed by atoms with E-state index in [9.17, 15) is 0 Å². The van der Waals surface area contributed by atoms with Crippen molar-refractivity contribution in [3.63, 3.8) is 0 Å². The molecule has 0 spiro atoms. The number of hydrogen-bond donors (Lipinski definition) is 0. The van der Waals surface area contributed by atoms with Crippen LogP contribution in [-0.2, 0) is 13.3 Å². The van der Waals surface area contributed by atoms with Gasteiger partial charge in [-0.1, -0.05) is 65.9 Å². The van der Waals surface area contributed by atoms with E-state index in [1.807, 2.05) is 0 Å². The highest BCUT2D eigenvalue weighted by Crippen LogP contribution is 2.16. The molecule has 0 saturated carbocycles. The summed E-state index contributed by atoms with van der Waals surface area (Å²) in [6.45, 7) is 11.0. The highest BCUT2D eigenvalue weighted by molar-refractivity contribution is 6.66. The summed E-state index contributed by atoms with van der Waals surface area (Å²) in [7, 11) is -2.64. The standard InChI is InChI=1S/C18H38O3Si/c1-5-9-13-14-18-22(19-15-10-6-2,20-16-11-7-3)21-17-12-8-4/h14,18H,5-13,15-17H2,1-4H3. The first-order chi connectivity index (χ1) is 10.7. The van der Waals surface area contributed by atoms with E-state index in [-0.39, 0.29) is 0 Å². The Morgan fingerprint density at radius 3 is 1.41 bits per heavy atom. The first-order valence-electron chi connectivity index (χ1n) is 9.34. The van der Waals surface area contributed by atoms with E-state index in [0.29, 0.717) is 0 Å². The smallest absolute Gasteiger partial charge is 0.370 e. The van der Waals surface area contributed by atoms with Crippen LogP contribution in [-0.4, -0.2) is 28.6 Å². The predicted octanol–water partition coefficient (Wildman–Crippen LogP) is 5.66. The number of allylic oxidation sites excluding steroid dienone is 1. The maximum Gasteiger partial charge on any atom is 0.529 e. The van der Waals surface area contributed by atoms with Crippen LogP contribution in [0, 0.1) is 0 Å². The third-order valence-electron chi connectivity index (χ3n) is 3.45. The van der Waals surface area contributed by atoms with E-state index in [2.05, 4.69) is 39.5 Å². The molecule has 0 aromatic heterocycles. The van der Waals surface area contributed by atoms with Crippen molar-refractivity contribution >= 4 is 8.80 Å². The molecule has 0 heterocycles. The fourth-order valence-electron chi connectivity index (χ4n) is 1.90. The summed E-state index contributed by atoms with van der Waals surface area (Å²) in [6.07, 6.45) is 12.3. The second kappa shape index (κ2) is 15.7. The summed E-state index contributed by atoms with van der Waals surface area (Å²) >= 11 is 0. The zero-order valence-electron chi connectivity index (χ0n) is 15.4. The van der Waals surface area contributed by atoms with Crippen molar-refractivity contribution in [1.82, 2.24) is 0 Å². The van der Waals surface area contributed by atoms with Gasteiger partial charge < -0.3 is 13.3 Å². The van der Waals surface area contributed by atoms with E-state index in [1.165, 1.54) is 12.8 Å². The Labute approximate surface area is 139 Å². The molecule has 0 unspecified atom stereocenters. The van der Waals surface area contributed by atoms with Gasteiger partial charge in [-0.2, -0.15) is 0 Å². The minimum Gasteiger partial charge on any atom is -0.370 e. The molecule has 0 atom stereocenters. The maximum atomic E-state index is 6.15. The lowest BCUT2D eigenvalue weighted by Gasteiger charge is -2.27. The number of unbranched alkanes of at least 4 members (excludes halogenated alkanes) is 5. The second-order valence-electron chi connectivity index (χ2n) is 5.75. The zero-order chi connectivity index (χ0) is 16.5. The van der Waals surface area contributed by atoms with Crippen molar-refractivity contribution in [1.29, 1.82) is 0 Å². The average Bonchev–Trinajstić information content (AvgIpc) is 2.52. The molecule has 0 fully saturated rings. The summed E-state index contributed by atoms with van der Waals surface area (Å²) < 4.78 is 18.5. The molecular weight excluding hydrogens is 292 g/mol. The molecule has 0 aliphatic heterocycles. The highest BCUT2D eigenvalue weighted by Gasteiger charge is 2.38. The molecule has 22 heavy (non-hydrogen) atoms. The van der Waals surface area contributed by atoms with E-state index in [0.717, 1.165) is 64.8 Å². The molecule has 0 rings (SSSR count). The largest absolute Gasteiger partial charge is 0.529 e. The molecule has 0 saturated heterocycles. The van der Waals surface area contributed by atoms with Gasteiger partial charge in [0.25, 0.3) is 0 Å². The molecule has 0 aromatic rings. The van der Waals surface area contributed by atoms with E-state index in [4.69, 9.17) is 13.3 Å². The summed E-state index contributed by atoms with van der Waals surface area (Å²) in [6, 6.07) is 0. The van der Waals surface area contributed by atoms with Gasteiger partial charge >= 0.3 is 8.80 Å². The molecule has 0 aliphatic rings. The Kier molecular flexibility index (Phi) is 15.6. The van der Waals surface area contributed by atoms with Crippen LogP contribution in [0.2, 0.25) is 0 Å². The first kappa shape index (κ1) is 21.8. The first-order valence-corrected chi connectivity index (χ1v) is 11.1. The molecule has 0 bridgehead atoms. The van der Waals surface area contributed by atoms with Gasteiger partial charge in [0.1, 0.15) is 0 Å². The van der Waals surface area contributed by atoms with Gasteiger partial charge in [-0.25, -0.2) is 0 Å². The summed E-state index contributed by atoms with van der Waals surface area (Å²) in [5.74, 6) is 0. The maximum absolute atomic E-state index is 6.15. The number of hydrogen-bond acceptors (Lipinski definition) is 3. The minimum absolute atomic E-state index is 0.735. The van der Waals surface area contributed by atoms with Crippen molar-refractivity contribution in [2.45, 2.75) is 85.5 Å². The van der Waals surface area contributed by atoms with E-state index >= 15 is 0 Å². The highest BCUT2D eigenvalue weighted by atomic mass is 28.4. The van der Waals surface area contributed by atoms with Crippen LogP contribution in [0.15, 0.2) is 11.8 Å². The van der Waals surface area contributed by atoms with E-state index in [1.54, 1.807) is 0 Å². The van der Waals surface area contributed by atoms with Gasteiger partial charge in [0.2, 0.25) is 0 Å². The van der Waals surface area contributed by atoms with Crippen LogP contribution in [0.3, 0.4) is 0 Å². The molecule has 0 aromatic carbocycles. The third-order valence-corrected chi connectivity index (χ3v) is 5.91. The van der Waals surface area contributed by atoms with Gasteiger partial charge in [-0.3, -0.25) is 0 Å². The lowest BCUT2D eigenvalue weighted by atomic mass is 10.2. The fraction of sp³-hybridized carbons (Fsp3) is 0.889.